The molecule has 0 saturated carbocycles. The zero-order valence-corrected chi connectivity index (χ0v) is 13.2. The Labute approximate surface area is 131 Å². The summed E-state index contributed by atoms with van der Waals surface area (Å²) < 4.78 is 1.95. The van der Waals surface area contributed by atoms with E-state index >= 15 is 0 Å². The third-order valence-corrected chi connectivity index (χ3v) is 3.15. The largest absolute Gasteiger partial charge is 0.357 e. The van der Waals surface area contributed by atoms with Crippen LogP contribution in [0.15, 0.2) is 47.8 Å². The highest BCUT2D eigenvalue weighted by Gasteiger charge is 2.05. The van der Waals surface area contributed by atoms with Crippen LogP contribution in [-0.4, -0.2) is 33.8 Å². The van der Waals surface area contributed by atoms with Gasteiger partial charge >= 0.3 is 0 Å². The van der Waals surface area contributed by atoms with Crippen LogP contribution in [-0.2, 0) is 13.1 Å². The molecular weight excluding hydrogens is 276 g/mol. The molecule has 0 amide bonds. The van der Waals surface area contributed by atoms with Gasteiger partial charge in [-0.15, -0.1) is 0 Å². The van der Waals surface area contributed by atoms with Crippen LogP contribution in [0.3, 0.4) is 0 Å². The second-order valence-electron chi connectivity index (χ2n) is 5.23. The normalized spacial score (nSPS) is 12.9. The Hall–Kier alpha value is -2.37. The molecule has 0 radical (unpaired) electrons. The van der Waals surface area contributed by atoms with Gasteiger partial charge < -0.3 is 10.6 Å². The van der Waals surface area contributed by atoms with Crippen LogP contribution in [0.1, 0.15) is 19.5 Å². The minimum absolute atomic E-state index is 0.457. The number of hydrogen-bond donors (Lipinski definition) is 2. The second kappa shape index (κ2) is 8.81. The molecule has 2 rings (SSSR count). The van der Waals surface area contributed by atoms with Gasteiger partial charge in [-0.25, -0.2) is 4.99 Å². The molecule has 0 bridgehead atoms. The maximum atomic E-state index is 4.56. The lowest BCUT2D eigenvalue weighted by Gasteiger charge is -2.16. The smallest absolute Gasteiger partial charge is 0.191 e. The van der Waals surface area contributed by atoms with Gasteiger partial charge in [-0.2, -0.15) is 5.10 Å². The molecular formula is C16H24N6. The van der Waals surface area contributed by atoms with E-state index in [-0.39, 0.29) is 0 Å². The maximum Gasteiger partial charge on any atom is 0.191 e. The van der Waals surface area contributed by atoms with Gasteiger partial charge in [0.2, 0.25) is 0 Å². The van der Waals surface area contributed by atoms with E-state index in [4.69, 9.17) is 0 Å². The van der Waals surface area contributed by atoms with Gasteiger partial charge in [0.15, 0.2) is 5.96 Å². The van der Waals surface area contributed by atoms with Crippen molar-refractivity contribution in [2.45, 2.75) is 26.9 Å². The molecule has 22 heavy (non-hydrogen) atoms. The fourth-order valence-corrected chi connectivity index (χ4v) is 2.06. The van der Waals surface area contributed by atoms with Crippen molar-refractivity contribution in [1.29, 1.82) is 0 Å². The first-order valence-electron chi connectivity index (χ1n) is 7.67. The Bertz CT molecular complexity index is 549. The van der Waals surface area contributed by atoms with Crippen LogP contribution in [0.25, 0.3) is 0 Å². The number of guanidine groups is 1. The van der Waals surface area contributed by atoms with Gasteiger partial charge in [0, 0.05) is 38.2 Å². The maximum absolute atomic E-state index is 4.56. The quantitative estimate of drug-likeness (QED) is 0.603. The summed E-state index contributed by atoms with van der Waals surface area (Å²) in [6.45, 7) is 7.39. The Balaban J connectivity index is 1.82. The Morgan fingerprint density at radius 1 is 1.27 bits per heavy atom. The third kappa shape index (κ3) is 5.55. The predicted molar refractivity (Wildman–Crippen MR) is 88.4 cm³/mol. The van der Waals surface area contributed by atoms with E-state index < -0.39 is 0 Å². The van der Waals surface area contributed by atoms with Crippen LogP contribution in [0.4, 0.5) is 0 Å². The summed E-state index contributed by atoms with van der Waals surface area (Å²) in [5.41, 5.74) is 0.962. The summed E-state index contributed by atoms with van der Waals surface area (Å²) in [7, 11) is 0. The van der Waals surface area contributed by atoms with Crippen molar-refractivity contribution in [1.82, 2.24) is 25.4 Å². The van der Waals surface area contributed by atoms with Gasteiger partial charge in [-0.1, -0.05) is 13.0 Å². The molecule has 0 aliphatic carbocycles. The second-order valence-corrected chi connectivity index (χ2v) is 5.23. The van der Waals surface area contributed by atoms with Crippen LogP contribution < -0.4 is 10.6 Å². The molecule has 0 aliphatic rings. The molecule has 118 valence electrons. The van der Waals surface area contributed by atoms with Crippen molar-refractivity contribution >= 4 is 5.96 Å². The summed E-state index contributed by atoms with van der Waals surface area (Å²) in [5.74, 6) is 1.28. The zero-order valence-electron chi connectivity index (χ0n) is 13.2. The highest BCUT2D eigenvalue weighted by atomic mass is 15.3. The summed E-state index contributed by atoms with van der Waals surface area (Å²) in [5, 5.41) is 10.9. The summed E-state index contributed by atoms with van der Waals surface area (Å²) in [6.07, 6.45) is 5.58. The van der Waals surface area contributed by atoms with Crippen LogP contribution in [0, 0.1) is 5.92 Å². The SMILES string of the molecule is CCNC(=NCc1ccccn1)NCC(C)Cn1cccn1. The van der Waals surface area contributed by atoms with Gasteiger partial charge in [0.05, 0.1) is 12.2 Å². The van der Waals surface area contributed by atoms with E-state index in [1.54, 1.807) is 12.4 Å². The molecule has 2 heterocycles. The Morgan fingerprint density at radius 2 is 2.18 bits per heavy atom. The van der Waals surface area contributed by atoms with Gasteiger partial charge in [-0.05, 0) is 31.0 Å². The van der Waals surface area contributed by atoms with E-state index in [1.807, 2.05) is 35.1 Å². The number of rotatable bonds is 7. The molecule has 1 atom stereocenters. The van der Waals surface area contributed by atoms with Crippen molar-refractivity contribution in [3.8, 4) is 0 Å². The summed E-state index contributed by atoms with van der Waals surface area (Å²) in [4.78, 5) is 8.84. The first-order valence-corrected chi connectivity index (χ1v) is 7.67. The van der Waals surface area contributed by atoms with Gasteiger partial charge in [0.25, 0.3) is 0 Å². The number of nitrogens with zero attached hydrogens (tertiary/aromatic N) is 4. The van der Waals surface area contributed by atoms with Crippen molar-refractivity contribution in [3.05, 3.63) is 48.5 Å². The van der Waals surface area contributed by atoms with Crippen LogP contribution >= 0.6 is 0 Å². The van der Waals surface area contributed by atoms with Gasteiger partial charge in [0.1, 0.15) is 0 Å². The highest BCUT2D eigenvalue weighted by Crippen LogP contribution is 1.99. The molecule has 1 unspecified atom stereocenters. The number of aromatic nitrogens is 3. The van der Waals surface area contributed by atoms with E-state index in [2.05, 4.69) is 39.6 Å². The van der Waals surface area contributed by atoms with E-state index in [9.17, 15) is 0 Å². The topological polar surface area (TPSA) is 67.1 Å². The van der Waals surface area contributed by atoms with E-state index in [0.29, 0.717) is 12.5 Å². The standard InChI is InChI=1S/C16H24N6/c1-3-17-16(20-12-15-7-4-5-8-18-15)19-11-14(2)13-22-10-6-9-21-22/h4-10,14H,3,11-13H2,1-2H3,(H2,17,19,20). The average molecular weight is 300 g/mol. The van der Waals surface area contributed by atoms with E-state index in [0.717, 1.165) is 31.3 Å². The lowest BCUT2D eigenvalue weighted by Crippen LogP contribution is -2.40. The molecule has 0 aliphatic heterocycles. The number of hydrogen-bond acceptors (Lipinski definition) is 3. The fraction of sp³-hybridized carbons (Fsp3) is 0.438. The zero-order chi connectivity index (χ0) is 15.6. The fourth-order valence-electron chi connectivity index (χ4n) is 2.06. The van der Waals surface area contributed by atoms with E-state index in [1.165, 1.54) is 0 Å². The van der Waals surface area contributed by atoms with Gasteiger partial charge in [-0.3, -0.25) is 9.67 Å². The van der Waals surface area contributed by atoms with Crippen LogP contribution in [0.2, 0.25) is 0 Å². The summed E-state index contributed by atoms with van der Waals surface area (Å²) in [6, 6.07) is 7.81. The number of nitrogens with one attached hydrogen (secondary N) is 2. The molecule has 0 aromatic carbocycles. The molecule has 0 spiro atoms. The number of aliphatic imine (C=N–C) groups is 1. The molecule has 2 N–H and O–H groups in total. The molecule has 0 fully saturated rings. The lowest BCUT2D eigenvalue weighted by atomic mass is 10.2. The first-order chi connectivity index (χ1) is 10.8. The average Bonchev–Trinajstić information content (AvgIpc) is 3.04. The third-order valence-electron chi connectivity index (χ3n) is 3.15. The lowest BCUT2D eigenvalue weighted by molar-refractivity contribution is 0.443. The molecule has 2 aromatic heterocycles. The predicted octanol–water partition coefficient (Wildman–Crippen LogP) is 1.67. The Kier molecular flexibility index (Phi) is 6.41. The number of pyridine rings is 1. The monoisotopic (exact) mass is 300 g/mol. The van der Waals surface area contributed by atoms with Crippen LogP contribution in [0.5, 0.6) is 0 Å². The molecule has 6 heteroatoms. The minimum atomic E-state index is 0.457. The Morgan fingerprint density at radius 3 is 2.86 bits per heavy atom. The minimum Gasteiger partial charge on any atom is -0.357 e. The molecule has 2 aromatic rings. The van der Waals surface area contributed by atoms with Crippen molar-refractivity contribution in [2.75, 3.05) is 13.1 Å². The van der Waals surface area contributed by atoms with Crippen molar-refractivity contribution < 1.29 is 0 Å². The van der Waals surface area contributed by atoms with Crippen molar-refractivity contribution in [2.24, 2.45) is 10.9 Å². The highest BCUT2D eigenvalue weighted by molar-refractivity contribution is 5.79. The molecule has 6 nitrogen and oxygen atoms in total. The molecule has 0 saturated heterocycles. The van der Waals surface area contributed by atoms with Crippen molar-refractivity contribution in [3.63, 3.8) is 0 Å². The summed E-state index contributed by atoms with van der Waals surface area (Å²) >= 11 is 0. The first kappa shape index (κ1) is 16.0.